The van der Waals surface area contributed by atoms with Crippen molar-refractivity contribution >= 4 is 0 Å². The molecule has 0 radical (unpaired) electrons. The van der Waals surface area contributed by atoms with Crippen molar-refractivity contribution in [2.24, 2.45) is 11.8 Å². The normalized spacial score (nSPS) is 40.4. The Bertz CT molecular complexity index is 233. The third-order valence-corrected chi connectivity index (χ3v) is 4.98. The van der Waals surface area contributed by atoms with Gasteiger partial charge in [0.2, 0.25) is 0 Å². The van der Waals surface area contributed by atoms with Gasteiger partial charge in [0.25, 0.3) is 0 Å². The lowest BCUT2D eigenvalue weighted by atomic mass is 9.82. The average molecular weight is 238 g/mol. The topological polar surface area (TPSA) is 15.3 Å². The molecule has 1 atom stereocenters. The maximum absolute atomic E-state index is 3.68. The third-order valence-electron chi connectivity index (χ3n) is 4.98. The fraction of sp³-hybridized carbons (Fsp3) is 1.00. The molecule has 1 N–H and O–H groups in total. The van der Waals surface area contributed by atoms with E-state index in [4.69, 9.17) is 0 Å². The van der Waals surface area contributed by atoms with Gasteiger partial charge in [-0.2, -0.15) is 0 Å². The number of nitrogens with zero attached hydrogens (tertiary/aromatic N) is 1. The van der Waals surface area contributed by atoms with Crippen LogP contribution < -0.4 is 5.32 Å². The molecule has 0 aromatic rings. The fourth-order valence-electron chi connectivity index (χ4n) is 3.41. The second kappa shape index (κ2) is 5.71. The van der Waals surface area contributed by atoms with Gasteiger partial charge in [-0.05, 0) is 38.0 Å². The maximum Gasteiger partial charge on any atom is 0.0278 e. The van der Waals surface area contributed by atoms with Crippen LogP contribution in [0.1, 0.15) is 52.9 Å². The Kier molecular flexibility index (Phi) is 4.48. The molecule has 2 heteroatoms. The van der Waals surface area contributed by atoms with Crippen molar-refractivity contribution in [2.75, 3.05) is 26.2 Å². The van der Waals surface area contributed by atoms with Crippen LogP contribution in [0.25, 0.3) is 0 Å². The molecule has 0 aromatic heterocycles. The van der Waals surface area contributed by atoms with E-state index in [1.165, 1.54) is 58.3 Å². The molecule has 1 aliphatic heterocycles. The zero-order valence-electron chi connectivity index (χ0n) is 12.0. The smallest absolute Gasteiger partial charge is 0.0278 e. The van der Waals surface area contributed by atoms with Crippen LogP contribution in [-0.4, -0.2) is 36.6 Å². The minimum absolute atomic E-state index is 0.361. The molecule has 100 valence electrons. The van der Waals surface area contributed by atoms with E-state index in [1.54, 1.807) is 0 Å². The van der Waals surface area contributed by atoms with E-state index in [-0.39, 0.29) is 0 Å². The molecular weight excluding hydrogens is 208 g/mol. The first kappa shape index (κ1) is 13.4. The van der Waals surface area contributed by atoms with E-state index in [0.717, 1.165) is 11.8 Å². The molecule has 1 aliphatic carbocycles. The van der Waals surface area contributed by atoms with Gasteiger partial charge in [-0.3, -0.25) is 4.90 Å². The first-order valence-electron chi connectivity index (χ1n) is 7.59. The van der Waals surface area contributed by atoms with Crippen LogP contribution in [0.15, 0.2) is 0 Å². The summed E-state index contributed by atoms with van der Waals surface area (Å²) in [4.78, 5) is 2.71. The summed E-state index contributed by atoms with van der Waals surface area (Å²) in [5.74, 6) is 1.96. The monoisotopic (exact) mass is 238 g/mol. The highest BCUT2D eigenvalue weighted by Gasteiger charge is 2.30. The minimum atomic E-state index is 0.361. The van der Waals surface area contributed by atoms with Gasteiger partial charge in [-0.25, -0.2) is 0 Å². The average Bonchev–Trinajstić information content (AvgIpc) is 2.32. The number of nitrogens with one attached hydrogen (secondary N) is 1. The van der Waals surface area contributed by atoms with E-state index < -0.39 is 0 Å². The number of hydrogen-bond donors (Lipinski definition) is 1. The van der Waals surface area contributed by atoms with Gasteiger partial charge in [-0.15, -0.1) is 0 Å². The van der Waals surface area contributed by atoms with Crippen LogP contribution in [-0.2, 0) is 0 Å². The van der Waals surface area contributed by atoms with E-state index in [2.05, 4.69) is 31.0 Å². The Balaban J connectivity index is 1.79. The molecule has 2 aliphatic rings. The summed E-state index contributed by atoms with van der Waals surface area (Å²) in [6.07, 6.45) is 7.09. The fourth-order valence-corrected chi connectivity index (χ4v) is 3.41. The molecule has 17 heavy (non-hydrogen) atoms. The molecule has 1 saturated heterocycles. The lowest BCUT2D eigenvalue weighted by Crippen LogP contribution is -2.59. The summed E-state index contributed by atoms with van der Waals surface area (Å²) in [6.45, 7) is 12.1. The van der Waals surface area contributed by atoms with E-state index in [9.17, 15) is 0 Å². The molecule has 2 rings (SSSR count). The van der Waals surface area contributed by atoms with Gasteiger partial charge in [0, 0.05) is 31.7 Å². The van der Waals surface area contributed by atoms with Crippen molar-refractivity contribution in [1.29, 1.82) is 0 Å². The summed E-state index contributed by atoms with van der Waals surface area (Å²) in [5.41, 5.74) is 0.361. The van der Waals surface area contributed by atoms with E-state index in [1.807, 2.05) is 0 Å². The summed E-state index contributed by atoms with van der Waals surface area (Å²) in [7, 11) is 0. The summed E-state index contributed by atoms with van der Waals surface area (Å²) < 4.78 is 0. The highest BCUT2D eigenvalue weighted by Crippen LogP contribution is 2.29. The highest BCUT2D eigenvalue weighted by molar-refractivity contribution is 4.90. The quantitative estimate of drug-likeness (QED) is 0.813. The van der Waals surface area contributed by atoms with E-state index in [0.29, 0.717) is 5.54 Å². The minimum Gasteiger partial charge on any atom is -0.309 e. The van der Waals surface area contributed by atoms with Gasteiger partial charge in [-0.1, -0.05) is 26.7 Å². The predicted molar refractivity (Wildman–Crippen MR) is 74.3 cm³/mol. The Labute approximate surface area is 107 Å². The Morgan fingerprint density at radius 3 is 2.59 bits per heavy atom. The van der Waals surface area contributed by atoms with Crippen LogP contribution >= 0.6 is 0 Å². The van der Waals surface area contributed by atoms with Crippen LogP contribution in [0, 0.1) is 11.8 Å². The Morgan fingerprint density at radius 2 is 1.94 bits per heavy atom. The van der Waals surface area contributed by atoms with E-state index >= 15 is 0 Å². The molecular formula is C15H30N2. The maximum atomic E-state index is 3.68. The van der Waals surface area contributed by atoms with Gasteiger partial charge in [0.05, 0.1) is 0 Å². The molecule has 0 amide bonds. The van der Waals surface area contributed by atoms with Gasteiger partial charge >= 0.3 is 0 Å². The van der Waals surface area contributed by atoms with Gasteiger partial charge < -0.3 is 5.32 Å². The Hall–Kier alpha value is -0.0800. The van der Waals surface area contributed by atoms with Crippen molar-refractivity contribution in [3.63, 3.8) is 0 Å². The molecule has 0 bridgehead atoms. The van der Waals surface area contributed by atoms with Crippen molar-refractivity contribution in [3.05, 3.63) is 0 Å². The molecule has 0 spiro atoms. The van der Waals surface area contributed by atoms with Crippen molar-refractivity contribution in [1.82, 2.24) is 10.2 Å². The van der Waals surface area contributed by atoms with Gasteiger partial charge in [0.1, 0.15) is 0 Å². The van der Waals surface area contributed by atoms with Crippen LogP contribution in [0.2, 0.25) is 0 Å². The molecule has 2 fully saturated rings. The number of piperazine rings is 1. The second-order valence-electron chi connectivity index (χ2n) is 6.70. The summed E-state index contributed by atoms with van der Waals surface area (Å²) in [5, 5.41) is 3.68. The van der Waals surface area contributed by atoms with Crippen molar-refractivity contribution in [2.45, 2.75) is 58.4 Å². The van der Waals surface area contributed by atoms with Crippen molar-refractivity contribution < 1.29 is 0 Å². The zero-order chi connectivity index (χ0) is 12.3. The molecule has 0 aromatic carbocycles. The zero-order valence-corrected chi connectivity index (χ0v) is 12.0. The standard InChI is InChI=1S/C15H30N2/c1-4-15(3)12-17(10-9-16-15)11-14-7-5-13(2)6-8-14/h13-14,16H,4-12H2,1-3H3. The molecule has 1 unspecified atom stereocenters. The summed E-state index contributed by atoms with van der Waals surface area (Å²) >= 11 is 0. The number of rotatable bonds is 3. The lowest BCUT2D eigenvalue weighted by molar-refractivity contribution is 0.108. The van der Waals surface area contributed by atoms with Crippen LogP contribution in [0.3, 0.4) is 0 Å². The van der Waals surface area contributed by atoms with Crippen LogP contribution in [0.5, 0.6) is 0 Å². The van der Waals surface area contributed by atoms with Crippen LogP contribution in [0.4, 0.5) is 0 Å². The number of hydrogen-bond acceptors (Lipinski definition) is 2. The second-order valence-corrected chi connectivity index (χ2v) is 6.70. The van der Waals surface area contributed by atoms with Crippen molar-refractivity contribution in [3.8, 4) is 0 Å². The first-order valence-corrected chi connectivity index (χ1v) is 7.59. The molecule has 1 heterocycles. The predicted octanol–water partition coefficient (Wildman–Crippen LogP) is 2.89. The highest BCUT2D eigenvalue weighted by atomic mass is 15.2. The molecule has 1 saturated carbocycles. The SMILES string of the molecule is CCC1(C)CN(CC2CCC(C)CC2)CCN1. The Morgan fingerprint density at radius 1 is 1.24 bits per heavy atom. The first-order chi connectivity index (χ1) is 8.11. The summed E-state index contributed by atoms with van der Waals surface area (Å²) in [6, 6.07) is 0. The molecule has 2 nitrogen and oxygen atoms in total. The third kappa shape index (κ3) is 3.69. The van der Waals surface area contributed by atoms with Gasteiger partial charge in [0.15, 0.2) is 0 Å². The largest absolute Gasteiger partial charge is 0.309 e. The lowest BCUT2D eigenvalue weighted by Gasteiger charge is -2.43.